The summed E-state index contributed by atoms with van der Waals surface area (Å²) in [5.74, 6) is -0.0304. The minimum absolute atomic E-state index is 0.0273. The molecule has 518 valence electrons. The molecule has 0 radical (unpaired) electrons. The maximum absolute atomic E-state index is 12.5. The van der Waals surface area contributed by atoms with Gasteiger partial charge in [0.15, 0.2) is 0 Å². The monoisotopic (exact) mass is 1230 g/mol. The first-order valence-electron chi connectivity index (χ1n) is 40.5. The fraction of sp³-hybridized carbons (Fsp3) is 0.951. The number of allylic oxidation sites excluding steroid dienone is 1. The number of aliphatic hydroxyl groups is 2. The summed E-state index contributed by atoms with van der Waals surface area (Å²) in [6.45, 7) is 4.96. The minimum Gasteiger partial charge on any atom is -0.466 e. The third-order valence-electron chi connectivity index (χ3n) is 19.3. The van der Waals surface area contributed by atoms with Crippen LogP contribution in [0.15, 0.2) is 12.2 Å². The predicted molar refractivity (Wildman–Crippen MR) is 384 cm³/mol. The number of rotatable bonds is 77. The molecule has 0 saturated heterocycles. The van der Waals surface area contributed by atoms with Gasteiger partial charge in [0.05, 0.1) is 25.4 Å². The molecular formula is C81H159NO5. The van der Waals surface area contributed by atoms with Gasteiger partial charge in [0.25, 0.3) is 0 Å². The van der Waals surface area contributed by atoms with Crippen molar-refractivity contribution in [3.05, 3.63) is 12.2 Å². The molecule has 1 amide bonds. The zero-order chi connectivity index (χ0) is 62.8. The van der Waals surface area contributed by atoms with E-state index in [1.807, 2.05) is 6.08 Å². The number of unbranched alkanes of at least 4 members (excludes halogenated alkanes) is 66. The van der Waals surface area contributed by atoms with Crippen LogP contribution in [0.4, 0.5) is 0 Å². The first-order chi connectivity index (χ1) is 43.0. The summed E-state index contributed by atoms with van der Waals surface area (Å²) in [4.78, 5) is 24.6. The molecule has 0 rings (SSSR count). The predicted octanol–water partition coefficient (Wildman–Crippen LogP) is 26.7. The van der Waals surface area contributed by atoms with E-state index in [0.29, 0.717) is 19.4 Å². The summed E-state index contributed by atoms with van der Waals surface area (Å²) in [7, 11) is 0. The van der Waals surface area contributed by atoms with Crippen molar-refractivity contribution < 1.29 is 24.5 Å². The van der Waals surface area contributed by atoms with Crippen LogP contribution in [0.1, 0.15) is 470 Å². The highest BCUT2D eigenvalue weighted by Crippen LogP contribution is 2.20. The van der Waals surface area contributed by atoms with E-state index in [1.165, 1.54) is 405 Å². The van der Waals surface area contributed by atoms with E-state index in [0.717, 1.165) is 38.5 Å². The van der Waals surface area contributed by atoms with Crippen molar-refractivity contribution in [3.8, 4) is 0 Å². The molecule has 0 aromatic carbocycles. The molecule has 6 nitrogen and oxygen atoms in total. The lowest BCUT2D eigenvalue weighted by Crippen LogP contribution is -2.45. The van der Waals surface area contributed by atoms with Gasteiger partial charge in [-0.25, -0.2) is 0 Å². The van der Waals surface area contributed by atoms with Crippen molar-refractivity contribution >= 4 is 11.9 Å². The molecule has 0 aromatic rings. The molecule has 87 heavy (non-hydrogen) atoms. The van der Waals surface area contributed by atoms with E-state index in [-0.39, 0.29) is 18.5 Å². The average molecular weight is 1230 g/mol. The number of esters is 1. The van der Waals surface area contributed by atoms with Crippen molar-refractivity contribution in [1.29, 1.82) is 0 Å². The molecule has 0 aliphatic carbocycles. The normalized spacial score (nSPS) is 12.5. The Balaban J connectivity index is 3.30. The lowest BCUT2D eigenvalue weighted by molar-refractivity contribution is -0.143. The molecule has 0 bridgehead atoms. The van der Waals surface area contributed by atoms with Gasteiger partial charge in [0, 0.05) is 12.8 Å². The molecule has 0 fully saturated rings. The first kappa shape index (κ1) is 85.6. The highest BCUT2D eigenvalue weighted by atomic mass is 16.5. The lowest BCUT2D eigenvalue weighted by Gasteiger charge is -2.20. The Labute approximate surface area is 546 Å². The zero-order valence-corrected chi connectivity index (χ0v) is 59.5. The van der Waals surface area contributed by atoms with Crippen LogP contribution in [-0.2, 0) is 14.3 Å². The molecule has 2 atom stereocenters. The molecule has 2 unspecified atom stereocenters. The summed E-state index contributed by atoms with van der Waals surface area (Å²) >= 11 is 0. The first-order valence-corrected chi connectivity index (χ1v) is 40.5. The maximum Gasteiger partial charge on any atom is 0.305 e. The van der Waals surface area contributed by atoms with E-state index in [1.54, 1.807) is 6.08 Å². The molecular weight excluding hydrogens is 1070 g/mol. The van der Waals surface area contributed by atoms with Gasteiger partial charge in [-0.2, -0.15) is 0 Å². The standard InChI is InChI=1S/C81H159NO5/c1-3-5-7-9-11-13-15-17-19-20-42-46-49-53-57-61-65-69-73-79(84)78(77-83)82-80(85)74-70-66-62-58-54-50-47-43-40-38-36-34-32-30-28-26-24-22-21-23-25-27-29-31-33-35-37-39-41-44-48-52-56-60-64-68-72-76-87-81(86)75-71-67-63-59-55-51-45-18-16-14-12-10-8-6-4-2/h69,73,78-79,83-84H,3-68,70-72,74-77H2,1-2H3,(H,82,85)/b73-69+. The number of hydrogen-bond acceptors (Lipinski definition) is 5. The second kappa shape index (κ2) is 77.1. The van der Waals surface area contributed by atoms with Crippen LogP contribution in [0.2, 0.25) is 0 Å². The number of amides is 1. The van der Waals surface area contributed by atoms with E-state index in [2.05, 4.69) is 19.2 Å². The van der Waals surface area contributed by atoms with Crippen LogP contribution in [0, 0.1) is 0 Å². The largest absolute Gasteiger partial charge is 0.466 e. The van der Waals surface area contributed by atoms with E-state index < -0.39 is 12.1 Å². The second-order valence-corrected chi connectivity index (χ2v) is 28.1. The summed E-state index contributed by atoms with van der Waals surface area (Å²) in [6, 6.07) is -0.623. The number of aliphatic hydroxyl groups excluding tert-OH is 2. The zero-order valence-electron chi connectivity index (χ0n) is 59.5. The number of hydrogen-bond donors (Lipinski definition) is 3. The second-order valence-electron chi connectivity index (χ2n) is 28.1. The van der Waals surface area contributed by atoms with Gasteiger partial charge in [0.1, 0.15) is 0 Å². The maximum atomic E-state index is 12.5. The SMILES string of the molecule is CCCCCCCCCCCCCCCCCC/C=C/C(O)C(CO)NC(=O)CCCCCCCCCCCCCCCCCCCCCCCCCCCCCCCCCCCCCCCOC(=O)CCCCCCCCCCCCCCCCC. The molecule has 0 saturated carbocycles. The Kier molecular flexibility index (Phi) is 75.8. The molecule has 6 heteroatoms. The summed E-state index contributed by atoms with van der Waals surface area (Å²) in [6.07, 6.45) is 97.8. The molecule has 0 aromatic heterocycles. The van der Waals surface area contributed by atoms with Crippen molar-refractivity contribution in [1.82, 2.24) is 5.32 Å². The lowest BCUT2D eigenvalue weighted by atomic mass is 10.0. The molecule has 0 heterocycles. The molecule has 0 aliphatic rings. The van der Waals surface area contributed by atoms with Crippen LogP contribution >= 0.6 is 0 Å². The molecule has 0 spiro atoms. The Hall–Kier alpha value is -1.40. The van der Waals surface area contributed by atoms with Gasteiger partial charge < -0.3 is 20.3 Å². The van der Waals surface area contributed by atoms with Crippen LogP contribution < -0.4 is 5.32 Å². The minimum atomic E-state index is -0.840. The average Bonchev–Trinajstić information content (AvgIpc) is 3.57. The van der Waals surface area contributed by atoms with Crippen LogP contribution in [0.25, 0.3) is 0 Å². The fourth-order valence-electron chi connectivity index (χ4n) is 13.2. The van der Waals surface area contributed by atoms with E-state index in [9.17, 15) is 19.8 Å². The Morgan fingerprint density at radius 1 is 0.310 bits per heavy atom. The van der Waals surface area contributed by atoms with Crippen molar-refractivity contribution in [2.45, 2.75) is 482 Å². The topological polar surface area (TPSA) is 95.9 Å². The van der Waals surface area contributed by atoms with E-state index in [4.69, 9.17) is 4.74 Å². The van der Waals surface area contributed by atoms with Gasteiger partial charge in [-0.3, -0.25) is 9.59 Å². The number of ether oxygens (including phenoxy) is 1. The van der Waals surface area contributed by atoms with E-state index >= 15 is 0 Å². The Morgan fingerprint density at radius 3 is 0.782 bits per heavy atom. The van der Waals surface area contributed by atoms with Gasteiger partial charge >= 0.3 is 5.97 Å². The number of carbonyl (C=O) groups is 2. The van der Waals surface area contributed by atoms with Crippen LogP contribution in [0.3, 0.4) is 0 Å². The highest BCUT2D eigenvalue weighted by molar-refractivity contribution is 5.76. The van der Waals surface area contributed by atoms with Gasteiger partial charge in [-0.15, -0.1) is 0 Å². The number of nitrogens with one attached hydrogen (secondary N) is 1. The van der Waals surface area contributed by atoms with Gasteiger partial charge in [-0.05, 0) is 32.1 Å². The number of carbonyl (C=O) groups excluding carboxylic acids is 2. The summed E-state index contributed by atoms with van der Waals surface area (Å²) in [5.41, 5.74) is 0. The van der Waals surface area contributed by atoms with Gasteiger partial charge in [0.2, 0.25) is 5.91 Å². The molecule has 0 aliphatic heterocycles. The quantitative estimate of drug-likeness (QED) is 0.0320. The highest BCUT2D eigenvalue weighted by Gasteiger charge is 2.18. The van der Waals surface area contributed by atoms with Gasteiger partial charge in [-0.1, -0.05) is 437 Å². The van der Waals surface area contributed by atoms with Crippen molar-refractivity contribution in [2.75, 3.05) is 13.2 Å². The van der Waals surface area contributed by atoms with Crippen molar-refractivity contribution in [3.63, 3.8) is 0 Å². The Morgan fingerprint density at radius 2 is 0.529 bits per heavy atom. The third kappa shape index (κ3) is 73.5. The molecule has 3 N–H and O–H groups in total. The smallest absolute Gasteiger partial charge is 0.305 e. The third-order valence-corrected chi connectivity index (χ3v) is 19.3. The Bertz CT molecular complexity index is 1320. The van der Waals surface area contributed by atoms with Crippen molar-refractivity contribution in [2.24, 2.45) is 0 Å². The summed E-state index contributed by atoms with van der Waals surface area (Å²) < 4.78 is 5.51. The van der Waals surface area contributed by atoms with Crippen LogP contribution in [-0.4, -0.2) is 47.4 Å². The fourth-order valence-corrected chi connectivity index (χ4v) is 13.2. The van der Waals surface area contributed by atoms with Crippen LogP contribution in [0.5, 0.6) is 0 Å². The summed E-state index contributed by atoms with van der Waals surface area (Å²) in [5, 5.41) is 23.3.